The maximum atomic E-state index is 5.75. The standard InChI is InChI=1S/C14H23ClN2S/c1-11(12-6-7-12)17(2)8-4-3-5-14-16-13(9-15)10-18-14/h10-12H,3-9H2,1-2H3. The van der Waals surface area contributed by atoms with Crippen LogP contribution in [0.15, 0.2) is 5.38 Å². The number of alkyl halides is 1. The summed E-state index contributed by atoms with van der Waals surface area (Å²) in [6, 6.07) is 0.771. The molecule has 1 saturated carbocycles. The Bertz CT molecular complexity index is 362. The van der Waals surface area contributed by atoms with Gasteiger partial charge >= 0.3 is 0 Å². The van der Waals surface area contributed by atoms with Gasteiger partial charge in [-0.05, 0) is 58.5 Å². The van der Waals surface area contributed by atoms with Crippen LogP contribution in [0.5, 0.6) is 0 Å². The summed E-state index contributed by atoms with van der Waals surface area (Å²) in [5.74, 6) is 1.51. The summed E-state index contributed by atoms with van der Waals surface area (Å²) in [7, 11) is 2.26. The summed E-state index contributed by atoms with van der Waals surface area (Å²) in [6.07, 6.45) is 6.48. The Balaban J connectivity index is 1.60. The number of unbranched alkanes of at least 4 members (excludes halogenated alkanes) is 1. The van der Waals surface area contributed by atoms with Crippen molar-refractivity contribution < 1.29 is 0 Å². The molecule has 0 saturated heterocycles. The minimum atomic E-state index is 0.540. The maximum Gasteiger partial charge on any atom is 0.0928 e. The summed E-state index contributed by atoms with van der Waals surface area (Å²) < 4.78 is 0. The third kappa shape index (κ3) is 4.22. The van der Waals surface area contributed by atoms with Crippen molar-refractivity contribution in [3.8, 4) is 0 Å². The third-order valence-electron chi connectivity index (χ3n) is 3.89. The van der Waals surface area contributed by atoms with E-state index in [1.165, 1.54) is 37.2 Å². The van der Waals surface area contributed by atoms with E-state index < -0.39 is 0 Å². The Labute approximate surface area is 119 Å². The van der Waals surface area contributed by atoms with Crippen molar-refractivity contribution in [2.45, 2.75) is 50.9 Å². The number of nitrogens with zero attached hydrogens (tertiary/aromatic N) is 2. The van der Waals surface area contributed by atoms with E-state index >= 15 is 0 Å². The number of rotatable bonds is 8. The largest absolute Gasteiger partial charge is 0.303 e. The van der Waals surface area contributed by atoms with Crippen LogP contribution in [-0.2, 0) is 12.3 Å². The molecule has 0 aromatic carbocycles. The van der Waals surface area contributed by atoms with Gasteiger partial charge in [-0.2, -0.15) is 0 Å². The summed E-state index contributed by atoms with van der Waals surface area (Å²) >= 11 is 7.50. The molecule has 0 spiro atoms. The molecule has 1 unspecified atom stereocenters. The van der Waals surface area contributed by atoms with Gasteiger partial charge in [0, 0.05) is 11.4 Å². The molecule has 18 heavy (non-hydrogen) atoms. The highest BCUT2D eigenvalue weighted by atomic mass is 35.5. The highest BCUT2D eigenvalue weighted by molar-refractivity contribution is 7.09. The Kier molecular flexibility index (Phi) is 5.46. The number of halogens is 1. The molecule has 1 aromatic heterocycles. The smallest absolute Gasteiger partial charge is 0.0928 e. The molecular weight excluding hydrogens is 264 g/mol. The molecule has 4 heteroatoms. The Morgan fingerprint density at radius 3 is 2.89 bits per heavy atom. The highest BCUT2D eigenvalue weighted by Gasteiger charge is 2.29. The molecule has 102 valence electrons. The Morgan fingerprint density at radius 2 is 2.28 bits per heavy atom. The fourth-order valence-corrected chi connectivity index (χ4v) is 3.37. The van der Waals surface area contributed by atoms with Gasteiger partial charge in [0.2, 0.25) is 0 Å². The fourth-order valence-electron chi connectivity index (χ4n) is 2.30. The summed E-state index contributed by atoms with van der Waals surface area (Å²) in [4.78, 5) is 7.01. The molecule has 2 rings (SSSR count). The van der Waals surface area contributed by atoms with Crippen LogP contribution in [0.1, 0.15) is 43.3 Å². The van der Waals surface area contributed by atoms with Gasteiger partial charge in [0.05, 0.1) is 16.6 Å². The van der Waals surface area contributed by atoms with Crippen LogP contribution in [-0.4, -0.2) is 29.5 Å². The normalized spacial score (nSPS) is 17.3. The number of thiazole rings is 1. The molecular formula is C14H23ClN2S. The molecule has 2 nitrogen and oxygen atoms in total. The zero-order valence-electron chi connectivity index (χ0n) is 11.4. The Hall–Kier alpha value is -0.120. The zero-order chi connectivity index (χ0) is 13.0. The first kappa shape index (κ1) is 14.3. The predicted molar refractivity (Wildman–Crippen MR) is 79.4 cm³/mol. The molecule has 1 aliphatic rings. The first-order valence-corrected chi connectivity index (χ1v) is 8.31. The van der Waals surface area contributed by atoms with Crippen LogP contribution in [0.3, 0.4) is 0 Å². The SMILES string of the molecule is CC(C1CC1)N(C)CCCCc1nc(CCl)cs1. The van der Waals surface area contributed by atoms with Crippen molar-refractivity contribution in [1.82, 2.24) is 9.88 Å². The summed E-state index contributed by atoms with van der Waals surface area (Å²) in [6.45, 7) is 3.58. The topological polar surface area (TPSA) is 16.1 Å². The van der Waals surface area contributed by atoms with E-state index in [-0.39, 0.29) is 0 Å². The fraction of sp³-hybridized carbons (Fsp3) is 0.786. The van der Waals surface area contributed by atoms with Crippen molar-refractivity contribution in [3.63, 3.8) is 0 Å². The van der Waals surface area contributed by atoms with Crippen molar-refractivity contribution in [3.05, 3.63) is 16.1 Å². The highest BCUT2D eigenvalue weighted by Crippen LogP contribution is 2.34. The van der Waals surface area contributed by atoms with Gasteiger partial charge in [0.15, 0.2) is 0 Å². The molecule has 0 bridgehead atoms. The van der Waals surface area contributed by atoms with Crippen LogP contribution >= 0.6 is 22.9 Å². The average molecular weight is 287 g/mol. The zero-order valence-corrected chi connectivity index (χ0v) is 12.9. The molecule has 1 atom stereocenters. The van der Waals surface area contributed by atoms with E-state index in [1.54, 1.807) is 11.3 Å². The van der Waals surface area contributed by atoms with E-state index in [0.29, 0.717) is 5.88 Å². The second-order valence-corrected chi connectivity index (χ2v) is 6.59. The minimum Gasteiger partial charge on any atom is -0.303 e. The molecule has 1 fully saturated rings. The average Bonchev–Trinajstić information content (AvgIpc) is 3.13. The molecule has 1 heterocycles. The van der Waals surface area contributed by atoms with Gasteiger partial charge in [-0.15, -0.1) is 22.9 Å². The molecule has 1 aliphatic carbocycles. The van der Waals surface area contributed by atoms with Crippen LogP contribution < -0.4 is 0 Å². The molecule has 0 amide bonds. The second-order valence-electron chi connectivity index (χ2n) is 5.38. The third-order valence-corrected chi connectivity index (χ3v) is 5.12. The minimum absolute atomic E-state index is 0.540. The van der Waals surface area contributed by atoms with E-state index in [1.807, 2.05) is 0 Å². The molecule has 0 radical (unpaired) electrons. The van der Waals surface area contributed by atoms with Crippen molar-refractivity contribution >= 4 is 22.9 Å². The van der Waals surface area contributed by atoms with Gasteiger partial charge in [-0.3, -0.25) is 0 Å². The van der Waals surface area contributed by atoms with Gasteiger partial charge in [0.25, 0.3) is 0 Å². The predicted octanol–water partition coefficient (Wildman–Crippen LogP) is 3.93. The van der Waals surface area contributed by atoms with Gasteiger partial charge in [0.1, 0.15) is 0 Å². The van der Waals surface area contributed by atoms with E-state index in [9.17, 15) is 0 Å². The van der Waals surface area contributed by atoms with Crippen molar-refractivity contribution in [1.29, 1.82) is 0 Å². The first-order valence-electron chi connectivity index (χ1n) is 6.90. The number of aromatic nitrogens is 1. The van der Waals surface area contributed by atoms with E-state index in [4.69, 9.17) is 11.6 Å². The number of hydrogen-bond acceptors (Lipinski definition) is 3. The number of aryl methyl sites for hydroxylation is 1. The van der Waals surface area contributed by atoms with Crippen LogP contribution in [0.25, 0.3) is 0 Å². The number of hydrogen-bond donors (Lipinski definition) is 0. The van der Waals surface area contributed by atoms with Gasteiger partial charge in [-0.1, -0.05) is 0 Å². The summed E-state index contributed by atoms with van der Waals surface area (Å²) in [5.41, 5.74) is 1.02. The lowest BCUT2D eigenvalue weighted by Gasteiger charge is -2.24. The Morgan fingerprint density at radius 1 is 1.50 bits per heavy atom. The van der Waals surface area contributed by atoms with Gasteiger partial charge < -0.3 is 4.90 Å². The first-order chi connectivity index (χ1) is 8.70. The lowest BCUT2D eigenvalue weighted by Crippen LogP contribution is -2.31. The van der Waals surface area contributed by atoms with Crippen LogP contribution in [0, 0.1) is 5.92 Å². The summed E-state index contributed by atoms with van der Waals surface area (Å²) in [5, 5.41) is 3.31. The lowest BCUT2D eigenvalue weighted by molar-refractivity contribution is 0.230. The molecule has 0 aliphatic heterocycles. The quantitative estimate of drug-likeness (QED) is 0.532. The maximum absolute atomic E-state index is 5.75. The second kappa shape index (κ2) is 6.88. The van der Waals surface area contributed by atoms with Crippen molar-refractivity contribution in [2.24, 2.45) is 5.92 Å². The van der Waals surface area contributed by atoms with E-state index in [2.05, 4.69) is 29.2 Å². The van der Waals surface area contributed by atoms with Crippen LogP contribution in [0.2, 0.25) is 0 Å². The van der Waals surface area contributed by atoms with Crippen LogP contribution in [0.4, 0.5) is 0 Å². The monoisotopic (exact) mass is 286 g/mol. The van der Waals surface area contributed by atoms with Gasteiger partial charge in [-0.25, -0.2) is 4.98 Å². The molecule has 1 aromatic rings. The van der Waals surface area contributed by atoms with E-state index in [0.717, 1.165) is 24.1 Å². The lowest BCUT2D eigenvalue weighted by atomic mass is 10.1. The molecule has 0 N–H and O–H groups in total. The van der Waals surface area contributed by atoms with Crippen molar-refractivity contribution in [2.75, 3.05) is 13.6 Å².